The average Bonchev–Trinajstić information content (AvgIpc) is 2.34. The molecule has 0 aromatic carbocycles. The first-order valence-corrected chi connectivity index (χ1v) is 4.18. The zero-order valence-electron chi connectivity index (χ0n) is 6.16. The molecule has 3 N–H and O–H groups in total. The number of rotatable bonds is 1. The fourth-order valence-corrected chi connectivity index (χ4v) is 3.53. The fourth-order valence-electron chi connectivity index (χ4n) is 3.53. The predicted octanol–water partition coefficient (Wildman–Crippen LogP) is 0.0543. The molecule has 0 saturated heterocycles. The van der Waals surface area contributed by atoms with E-state index in [1.54, 1.807) is 0 Å². The Balaban J connectivity index is 2.07. The summed E-state index contributed by atoms with van der Waals surface area (Å²) in [7, 11) is 0. The molecule has 3 heteroatoms. The topological polar surface area (TPSA) is 63.3 Å². The fraction of sp³-hybridized carbons (Fsp3) is 0.875. The number of carboxylic acid groups (broad SMARTS) is 1. The van der Waals surface area contributed by atoms with Crippen LogP contribution in [0, 0.1) is 23.7 Å². The van der Waals surface area contributed by atoms with E-state index in [1.807, 2.05) is 0 Å². The second-order valence-corrected chi connectivity index (χ2v) is 4.26. The molecule has 4 rings (SSSR count). The van der Waals surface area contributed by atoms with Gasteiger partial charge in [-0.2, -0.15) is 0 Å². The maximum Gasteiger partial charge on any atom is 0.324 e. The molecule has 3 nitrogen and oxygen atoms in total. The number of hydrogen-bond donors (Lipinski definition) is 2. The Morgan fingerprint density at radius 2 is 2.00 bits per heavy atom. The summed E-state index contributed by atoms with van der Waals surface area (Å²) in [6.07, 6.45) is 2.16. The minimum absolute atomic E-state index is 0.292. The van der Waals surface area contributed by atoms with Crippen LogP contribution in [0.3, 0.4) is 0 Å². The zero-order valence-corrected chi connectivity index (χ0v) is 6.16. The molecule has 4 aliphatic rings. The lowest BCUT2D eigenvalue weighted by Gasteiger charge is -2.22. The van der Waals surface area contributed by atoms with Crippen molar-refractivity contribution in [3.8, 4) is 0 Å². The SMILES string of the molecule is NC1(C(=O)O)C2CC3C(C2)C31. The highest BCUT2D eigenvalue weighted by molar-refractivity contribution is 5.82. The molecule has 3 unspecified atom stereocenters. The minimum atomic E-state index is -0.824. The summed E-state index contributed by atoms with van der Waals surface area (Å²) >= 11 is 0. The summed E-state index contributed by atoms with van der Waals surface area (Å²) in [6, 6.07) is 0. The molecule has 0 spiro atoms. The van der Waals surface area contributed by atoms with Gasteiger partial charge in [0.15, 0.2) is 0 Å². The van der Waals surface area contributed by atoms with Gasteiger partial charge in [0.1, 0.15) is 5.54 Å². The van der Waals surface area contributed by atoms with Crippen molar-refractivity contribution in [3.63, 3.8) is 0 Å². The van der Waals surface area contributed by atoms with Crippen molar-refractivity contribution in [3.05, 3.63) is 0 Å². The molecule has 4 fully saturated rings. The van der Waals surface area contributed by atoms with Crippen LogP contribution >= 0.6 is 0 Å². The number of aliphatic carboxylic acids is 1. The van der Waals surface area contributed by atoms with Crippen molar-refractivity contribution >= 4 is 5.97 Å². The van der Waals surface area contributed by atoms with Crippen molar-refractivity contribution in [1.29, 1.82) is 0 Å². The van der Waals surface area contributed by atoms with Crippen molar-refractivity contribution in [2.24, 2.45) is 29.4 Å². The molecule has 0 radical (unpaired) electrons. The molecule has 11 heavy (non-hydrogen) atoms. The molecule has 4 saturated carbocycles. The van der Waals surface area contributed by atoms with Gasteiger partial charge in [-0.3, -0.25) is 4.79 Å². The summed E-state index contributed by atoms with van der Waals surface area (Å²) in [5.74, 6) is 1.22. The molecular weight excluding hydrogens is 142 g/mol. The maximum absolute atomic E-state index is 10.9. The number of carboxylic acids is 1. The van der Waals surface area contributed by atoms with Crippen LogP contribution in [-0.4, -0.2) is 16.6 Å². The van der Waals surface area contributed by atoms with Crippen molar-refractivity contribution < 1.29 is 9.90 Å². The summed E-state index contributed by atoms with van der Waals surface area (Å²) in [5, 5.41) is 8.94. The van der Waals surface area contributed by atoms with E-state index >= 15 is 0 Å². The Morgan fingerprint density at radius 3 is 2.18 bits per heavy atom. The van der Waals surface area contributed by atoms with E-state index in [0.29, 0.717) is 23.7 Å². The van der Waals surface area contributed by atoms with Gasteiger partial charge in [0.05, 0.1) is 0 Å². The predicted molar refractivity (Wildman–Crippen MR) is 37.7 cm³/mol. The van der Waals surface area contributed by atoms with Gasteiger partial charge in [0, 0.05) is 0 Å². The molecule has 0 aliphatic heterocycles. The Kier molecular flexibility index (Phi) is 0.727. The van der Waals surface area contributed by atoms with Crippen LogP contribution in [0.1, 0.15) is 12.8 Å². The van der Waals surface area contributed by atoms with Crippen molar-refractivity contribution in [2.45, 2.75) is 18.4 Å². The van der Waals surface area contributed by atoms with Gasteiger partial charge in [-0.15, -0.1) is 0 Å². The second kappa shape index (κ2) is 1.33. The Bertz CT molecular complexity index is 236. The average molecular weight is 153 g/mol. The lowest BCUT2D eigenvalue weighted by Crippen LogP contribution is -2.51. The van der Waals surface area contributed by atoms with Crippen LogP contribution < -0.4 is 5.73 Å². The first-order valence-electron chi connectivity index (χ1n) is 4.18. The molecular formula is C8H11NO2. The normalized spacial score (nSPS) is 63.4. The Morgan fingerprint density at radius 1 is 1.45 bits per heavy atom. The van der Waals surface area contributed by atoms with Crippen LogP contribution in [0.2, 0.25) is 0 Å². The van der Waals surface area contributed by atoms with E-state index < -0.39 is 11.5 Å². The van der Waals surface area contributed by atoms with E-state index in [9.17, 15) is 4.79 Å². The molecule has 0 aromatic heterocycles. The molecule has 4 aliphatic carbocycles. The first-order chi connectivity index (χ1) is 5.15. The van der Waals surface area contributed by atoms with Crippen molar-refractivity contribution in [2.75, 3.05) is 0 Å². The highest BCUT2D eigenvalue weighted by Gasteiger charge is 2.77. The van der Waals surface area contributed by atoms with Crippen LogP contribution in [0.5, 0.6) is 0 Å². The monoisotopic (exact) mass is 153 g/mol. The van der Waals surface area contributed by atoms with Gasteiger partial charge in [-0.05, 0) is 36.5 Å². The highest BCUT2D eigenvalue weighted by Crippen LogP contribution is 2.73. The van der Waals surface area contributed by atoms with E-state index in [0.717, 1.165) is 12.8 Å². The van der Waals surface area contributed by atoms with Gasteiger partial charge >= 0.3 is 5.97 Å². The standard InChI is InChI=1S/C8H11NO2/c9-8(7(10)11)3-1-4-5(2-3)6(4)8/h3-6H,1-2,9H2,(H,10,11). The zero-order chi connectivity index (χ0) is 7.80. The van der Waals surface area contributed by atoms with E-state index in [-0.39, 0.29) is 0 Å². The first kappa shape index (κ1) is 6.00. The van der Waals surface area contributed by atoms with Gasteiger partial charge in [0.25, 0.3) is 0 Å². The third-order valence-electron chi connectivity index (χ3n) is 4.04. The van der Waals surface area contributed by atoms with Crippen molar-refractivity contribution in [1.82, 2.24) is 0 Å². The molecule has 0 aromatic rings. The highest BCUT2D eigenvalue weighted by atomic mass is 16.4. The quantitative estimate of drug-likeness (QED) is 0.559. The second-order valence-electron chi connectivity index (χ2n) is 4.26. The van der Waals surface area contributed by atoms with Gasteiger partial charge < -0.3 is 10.8 Å². The summed E-state index contributed by atoms with van der Waals surface area (Å²) < 4.78 is 0. The lowest BCUT2D eigenvalue weighted by atomic mass is 9.90. The maximum atomic E-state index is 10.9. The third-order valence-corrected chi connectivity index (χ3v) is 4.04. The Labute approximate surface area is 64.6 Å². The van der Waals surface area contributed by atoms with Gasteiger partial charge in [-0.25, -0.2) is 0 Å². The molecule has 3 atom stereocenters. The van der Waals surface area contributed by atoms with E-state index in [2.05, 4.69) is 0 Å². The molecule has 0 amide bonds. The van der Waals surface area contributed by atoms with Crippen LogP contribution in [0.15, 0.2) is 0 Å². The number of hydrogen-bond acceptors (Lipinski definition) is 2. The van der Waals surface area contributed by atoms with E-state index in [4.69, 9.17) is 10.8 Å². The minimum Gasteiger partial charge on any atom is -0.480 e. The molecule has 60 valence electrons. The van der Waals surface area contributed by atoms with Crippen LogP contribution in [0.4, 0.5) is 0 Å². The van der Waals surface area contributed by atoms with Gasteiger partial charge in [-0.1, -0.05) is 0 Å². The van der Waals surface area contributed by atoms with E-state index in [1.165, 1.54) is 0 Å². The number of nitrogens with two attached hydrogens (primary N) is 1. The summed E-state index contributed by atoms with van der Waals surface area (Å²) in [5.41, 5.74) is 5.05. The summed E-state index contributed by atoms with van der Waals surface area (Å²) in [6.45, 7) is 0. The smallest absolute Gasteiger partial charge is 0.324 e. The molecule has 0 heterocycles. The summed E-state index contributed by atoms with van der Waals surface area (Å²) in [4.78, 5) is 10.9. The van der Waals surface area contributed by atoms with Gasteiger partial charge in [0.2, 0.25) is 0 Å². The third kappa shape index (κ3) is 0.415. The number of carbonyl (C=O) groups is 1. The Hall–Kier alpha value is -0.570. The lowest BCUT2D eigenvalue weighted by molar-refractivity contribution is -0.144. The molecule has 4 bridgehead atoms. The van der Waals surface area contributed by atoms with Crippen LogP contribution in [0.25, 0.3) is 0 Å². The van der Waals surface area contributed by atoms with Crippen LogP contribution in [-0.2, 0) is 4.79 Å². The largest absolute Gasteiger partial charge is 0.480 e.